The molecule has 2 aliphatic rings. The zero-order chi connectivity index (χ0) is 7.84. The number of rotatable bonds is 0. The van der Waals surface area contributed by atoms with Crippen molar-refractivity contribution in [3.05, 3.63) is 12.0 Å². The van der Waals surface area contributed by atoms with Crippen LogP contribution in [0.4, 0.5) is 0 Å². The van der Waals surface area contributed by atoms with Gasteiger partial charge in [0.25, 0.3) is 5.95 Å². The third-order valence-corrected chi connectivity index (χ3v) is 2.41. The Kier molecular flexibility index (Phi) is 1.37. The molecule has 1 aliphatic heterocycles. The SMILES string of the molecule is O=C1CCC2COC(O)=CC12. The second-order valence-corrected chi connectivity index (χ2v) is 3.11. The van der Waals surface area contributed by atoms with Crippen LogP contribution in [-0.2, 0) is 9.53 Å². The highest BCUT2D eigenvalue weighted by Gasteiger charge is 2.36. The van der Waals surface area contributed by atoms with Crippen molar-refractivity contribution in [1.82, 2.24) is 0 Å². The minimum absolute atomic E-state index is 0.0660. The number of ketones is 1. The lowest BCUT2D eigenvalue weighted by atomic mass is 9.95. The van der Waals surface area contributed by atoms with Crippen LogP contribution in [0.2, 0.25) is 0 Å². The third-order valence-electron chi connectivity index (χ3n) is 2.41. The number of ether oxygens (including phenoxy) is 1. The molecule has 0 bridgehead atoms. The lowest BCUT2D eigenvalue weighted by Gasteiger charge is -2.20. The number of aliphatic hydroxyl groups excluding tert-OH is 1. The van der Waals surface area contributed by atoms with Crippen LogP contribution < -0.4 is 0 Å². The average molecular weight is 154 g/mol. The van der Waals surface area contributed by atoms with Crippen LogP contribution in [-0.4, -0.2) is 17.5 Å². The van der Waals surface area contributed by atoms with Crippen molar-refractivity contribution in [2.75, 3.05) is 6.61 Å². The molecule has 0 aromatic carbocycles. The standard InChI is InChI=1S/C8H10O3/c9-7-2-1-5-4-11-8(10)3-6(5)7/h3,5-6,10H,1-2,4H2. The molecule has 1 fully saturated rings. The van der Waals surface area contributed by atoms with E-state index in [9.17, 15) is 4.79 Å². The van der Waals surface area contributed by atoms with E-state index in [1.165, 1.54) is 6.08 Å². The summed E-state index contributed by atoms with van der Waals surface area (Å²) in [5.74, 6) is 0.411. The van der Waals surface area contributed by atoms with Crippen molar-refractivity contribution in [2.24, 2.45) is 11.8 Å². The number of carbonyl (C=O) groups excluding carboxylic acids is 1. The number of allylic oxidation sites excluding steroid dienone is 1. The van der Waals surface area contributed by atoms with E-state index in [4.69, 9.17) is 9.84 Å². The highest BCUT2D eigenvalue weighted by atomic mass is 16.6. The summed E-state index contributed by atoms with van der Waals surface area (Å²) in [4.78, 5) is 11.1. The maximum Gasteiger partial charge on any atom is 0.273 e. The summed E-state index contributed by atoms with van der Waals surface area (Å²) in [5.41, 5.74) is 0. The summed E-state index contributed by atoms with van der Waals surface area (Å²) in [7, 11) is 0. The first-order valence-electron chi connectivity index (χ1n) is 3.83. The molecule has 3 nitrogen and oxygen atoms in total. The molecule has 0 radical (unpaired) electrons. The summed E-state index contributed by atoms with van der Waals surface area (Å²) in [6.07, 6.45) is 3.08. The van der Waals surface area contributed by atoms with E-state index in [0.717, 1.165) is 6.42 Å². The Morgan fingerprint density at radius 2 is 2.45 bits per heavy atom. The molecule has 1 N–H and O–H groups in total. The highest BCUT2D eigenvalue weighted by Crippen LogP contribution is 2.33. The molecule has 3 heteroatoms. The van der Waals surface area contributed by atoms with Crippen molar-refractivity contribution < 1.29 is 14.6 Å². The van der Waals surface area contributed by atoms with Gasteiger partial charge in [0.15, 0.2) is 0 Å². The fourth-order valence-electron chi connectivity index (χ4n) is 1.75. The highest BCUT2D eigenvalue weighted by molar-refractivity contribution is 5.85. The van der Waals surface area contributed by atoms with E-state index in [2.05, 4.69) is 0 Å². The summed E-state index contributed by atoms with van der Waals surface area (Å²) in [5, 5.41) is 8.96. The second kappa shape index (κ2) is 2.26. The van der Waals surface area contributed by atoms with Gasteiger partial charge in [0.05, 0.1) is 6.61 Å². The summed E-state index contributed by atoms with van der Waals surface area (Å²) in [6, 6.07) is 0. The Hall–Kier alpha value is -0.990. The van der Waals surface area contributed by atoms with Crippen molar-refractivity contribution >= 4 is 5.78 Å². The summed E-state index contributed by atoms with van der Waals surface area (Å²) >= 11 is 0. The van der Waals surface area contributed by atoms with Gasteiger partial charge in [0.1, 0.15) is 5.78 Å². The molecule has 2 atom stereocenters. The largest absolute Gasteiger partial charge is 0.481 e. The predicted octanol–water partition coefficient (Wildman–Crippen LogP) is 1.01. The first-order valence-corrected chi connectivity index (χ1v) is 3.83. The Morgan fingerprint density at radius 3 is 3.27 bits per heavy atom. The van der Waals surface area contributed by atoms with Gasteiger partial charge >= 0.3 is 0 Å². The third kappa shape index (κ3) is 1.00. The molecule has 2 rings (SSSR count). The van der Waals surface area contributed by atoms with E-state index in [0.29, 0.717) is 18.9 Å². The maximum absolute atomic E-state index is 11.1. The van der Waals surface area contributed by atoms with Crippen LogP contribution in [0.3, 0.4) is 0 Å². The smallest absolute Gasteiger partial charge is 0.273 e. The fourth-order valence-corrected chi connectivity index (χ4v) is 1.75. The molecule has 1 aliphatic carbocycles. The van der Waals surface area contributed by atoms with Crippen LogP contribution >= 0.6 is 0 Å². The monoisotopic (exact) mass is 154 g/mol. The van der Waals surface area contributed by atoms with Gasteiger partial charge < -0.3 is 9.84 Å². The quantitative estimate of drug-likeness (QED) is 0.566. The number of fused-ring (bicyclic) bond motifs is 1. The minimum Gasteiger partial charge on any atom is -0.481 e. The van der Waals surface area contributed by atoms with Crippen molar-refractivity contribution in [1.29, 1.82) is 0 Å². The van der Waals surface area contributed by atoms with E-state index < -0.39 is 0 Å². The fraction of sp³-hybridized carbons (Fsp3) is 0.625. The zero-order valence-electron chi connectivity index (χ0n) is 6.12. The predicted molar refractivity (Wildman–Crippen MR) is 37.9 cm³/mol. The Bertz CT molecular complexity index is 219. The molecular formula is C8H10O3. The van der Waals surface area contributed by atoms with E-state index >= 15 is 0 Å². The van der Waals surface area contributed by atoms with Crippen molar-refractivity contribution in [2.45, 2.75) is 12.8 Å². The van der Waals surface area contributed by atoms with Gasteiger partial charge in [-0.25, -0.2) is 0 Å². The lowest BCUT2D eigenvalue weighted by Crippen LogP contribution is -2.22. The van der Waals surface area contributed by atoms with Gasteiger partial charge in [0, 0.05) is 24.3 Å². The molecule has 1 heterocycles. The van der Waals surface area contributed by atoms with Crippen LogP contribution in [0.15, 0.2) is 12.0 Å². The first-order chi connectivity index (χ1) is 5.27. The van der Waals surface area contributed by atoms with Crippen molar-refractivity contribution in [3.8, 4) is 0 Å². The molecule has 2 unspecified atom stereocenters. The van der Waals surface area contributed by atoms with Gasteiger partial charge in [-0.3, -0.25) is 4.79 Å². The van der Waals surface area contributed by atoms with Crippen LogP contribution in [0, 0.1) is 11.8 Å². The van der Waals surface area contributed by atoms with E-state index in [-0.39, 0.29) is 17.6 Å². The molecule has 1 saturated carbocycles. The summed E-state index contributed by atoms with van der Waals surface area (Å²) in [6.45, 7) is 0.499. The normalized spacial score (nSPS) is 36.0. The average Bonchev–Trinajstić information content (AvgIpc) is 2.33. The van der Waals surface area contributed by atoms with Crippen LogP contribution in [0.1, 0.15) is 12.8 Å². The van der Waals surface area contributed by atoms with Crippen LogP contribution in [0.25, 0.3) is 0 Å². The number of hydrogen-bond donors (Lipinski definition) is 1. The molecule has 0 spiro atoms. The van der Waals surface area contributed by atoms with Gasteiger partial charge in [-0.15, -0.1) is 0 Å². The Labute approximate surface area is 64.7 Å². The maximum atomic E-state index is 11.1. The molecule has 0 aromatic rings. The second-order valence-electron chi connectivity index (χ2n) is 3.11. The molecule has 60 valence electrons. The molecule has 0 aromatic heterocycles. The number of hydrogen-bond acceptors (Lipinski definition) is 3. The Balaban J connectivity index is 2.23. The van der Waals surface area contributed by atoms with Gasteiger partial charge in [-0.2, -0.15) is 0 Å². The van der Waals surface area contributed by atoms with Crippen LogP contribution in [0.5, 0.6) is 0 Å². The lowest BCUT2D eigenvalue weighted by molar-refractivity contribution is -0.120. The number of Topliss-reactive ketones (excluding diaryl/α,β-unsaturated/α-hetero) is 1. The van der Waals surface area contributed by atoms with Crippen molar-refractivity contribution in [3.63, 3.8) is 0 Å². The summed E-state index contributed by atoms with van der Waals surface area (Å²) < 4.78 is 4.90. The topological polar surface area (TPSA) is 46.5 Å². The van der Waals surface area contributed by atoms with Gasteiger partial charge in [0.2, 0.25) is 0 Å². The number of aliphatic hydroxyl groups is 1. The molecule has 11 heavy (non-hydrogen) atoms. The zero-order valence-corrected chi connectivity index (χ0v) is 6.12. The molecule has 0 saturated heterocycles. The van der Waals surface area contributed by atoms with Gasteiger partial charge in [-0.05, 0) is 6.42 Å². The first kappa shape index (κ1) is 6.70. The van der Waals surface area contributed by atoms with E-state index in [1.54, 1.807) is 0 Å². The Morgan fingerprint density at radius 1 is 1.64 bits per heavy atom. The molecular weight excluding hydrogens is 144 g/mol. The number of carbonyl (C=O) groups is 1. The minimum atomic E-state index is -0.0819. The van der Waals surface area contributed by atoms with E-state index in [1.807, 2.05) is 0 Å². The van der Waals surface area contributed by atoms with Gasteiger partial charge in [-0.1, -0.05) is 0 Å². The molecule has 0 amide bonds.